The number of anilines is 1. The summed E-state index contributed by atoms with van der Waals surface area (Å²) in [6, 6.07) is 8.35. The lowest BCUT2D eigenvalue weighted by Gasteiger charge is -2.05. The van der Waals surface area contributed by atoms with E-state index < -0.39 is 6.09 Å². The Morgan fingerprint density at radius 3 is 2.70 bits per heavy atom. The number of aromatic nitrogens is 3. The Morgan fingerprint density at radius 1 is 1.20 bits per heavy atom. The summed E-state index contributed by atoms with van der Waals surface area (Å²) < 4.78 is 6.56. The van der Waals surface area contributed by atoms with Crippen LogP contribution < -0.4 is 10.5 Å². The quantitative estimate of drug-likeness (QED) is 0.696. The van der Waals surface area contributed by atoms with Crippen molar-refractivity contribution in [3.05, 3.63) is 49.1 Å². The van der Waals surface area contributed by atoms with Gasteiger partial charge < -0.3 is 10.5 Å². The van der Waals surface area contributed by atoms with E-state index in [1.54, 1.807) is 42.7 Å². The lowest BCUT2D eigenvalue weighted by atomic mass is 10.3. The maximum Gasteiger partial charge on any atom is 0.425 e. The number of nitrogens with zero attached hydrogens (tertiary/aromatic N) is 3. The van der Waals surface area contributed by atoms with E-state index in [9.17, 15) is 4.79 Å². The second-order valence-electron chi connectivity index (χ2n) is 3.92. The Kier molecular flexibility index (Phi) is 3.86. The van der Waals surface area contributed by atoms with Crippen LogP contribution in [0.25, 0.3) is 11.0 Å². The Bertz CT molecular complexity index is 739. The van der Waals surface area contributed by atoms with Gasteiger partial charge in [0.1, 0.15) is 12.1 Å². The summed E-state index contributed by atoms with van der Waals surface area (Å²) in [5, 5.41) is 0.775. The standard InChI is InChI=1S/C13H10N4O2.ClH/c14-10-1-3-11(4-2-10)19-13(18)17-6-5-9-7-15-8-16-12(9)17;/h1-8H,14H2;1H. The van der Waals surface area contributed by atoms with E-state index in [0.717, 1.165) is 5.39 Å². The highest BCUT2D eigenvalue weighted by Gasteiger charge is 2.11. The number of rotatable bonds is 1. The summed E-state index contributed by atoms with van der Waals surface area (Å²) in [5.41, 5.74) is 6.68. The Morgan fingerprint density at radius 2 is 1.95 bits per heavy atom. The molecular weight excluding hydrogens is 280 g/mol. The van der Waals surface area contributed by atoms with Gasteiger partial charge in [0, 0.05) is 23.5 Å². The Hall–Kier alpha value is -2.60. The van der Waals surface area contributed by atoms with Crippen molar-refractivity contribution in [2.45, 2.75) is 0 Å². The zero-order chi connectivity index (χ0) is 13.2. The molecule has 3 aromatic rings. The molecule has 102 valence electrons. The zero-order valence-electron chi connectivity index (χ0n) is 10.3. The summed E-state index contributed by atoms with van der Waals surface area (Å²) in [7, 11) is 0. The molecule has 0 spiro atoms. The predicted molar refractivity (Wildman–Crippen MR) is 77.1 cm³/mol. The zero-order valence-corrected chi connectivity index (χ0v) is 11.1. The van der Waals surface area contributed by atoms with E-state index in [2.05, 4.69) is 9.97 Å². The first-order valence-corrected chi connectivity index (χ1v) is 5.59. The van der Waals surface area contributed by atoms with Crippen LogP contribution in [0, 0.1) is 0 Å². The Labute approximate surface area is 120 Å². The topological polar surface area (TPSA) is 83.0 Å². The van der Waals surface area contributed by atoms with E-state index in [1.807, 2.05) is 0 Å². The monoisotopic (exact) mass is 290 g/mol. The highest BCUT2D eigenvalue weighted by Crippen LogP contribution is 2.16. The number of fused-ring (bicyclic) bond motifs is 1. The molecule has 0 bridgehead atoms. The van der Waals surface area contributed by atoms with Crippen molar-refractivity contribution >= 4 is 35.2 Å². The van der Waals surface area contributed by atoms with Crippen molar-refractivity contribution in [2.75, 3.05) is 5.73 Å². The molecule has 0 aliphatic heterocycles. The number of hydrogen-bond acceptors (Lipinski definition) is 5. The molecule has 0 saturated heterocycles. The Balaban J connectivity index is 0.00000147. The van der Waals surface area contributed by atoms with E-state index >= 15 is 0 Å². The number of hydrogen-bond donors (Lipinski definition) is 1. The first kappa shape index (κ1) is 13.8. The van der Waals surface area contributed by atoms with Crippen LogP contribution in [0.1, 0.15) is 0 Å². The molecule has 3 rings (SSSR count). The lowest BCUT2D eigenvalue weighted by Crippen LogP contribution is -2.16. The van der Waals surface area contributed by atoms with Crippen molar-refractivity contribution in [1.29, 1.82) is 0 Å². The molecule has 2 aromatic heterocycles. The van der Waals surface area contributed by atoms with Crippen LogP contribution in [0.2, 0.25) is 0 Å². The fraction of sp³-hybridized carbons (Fsp3) is 0. The third kappa shape index (κ3) is 2.55. The van der Waals surface area contributed by atoms with Gasteiger partial charge in [-0.2, -0.15) is 0 Å². The highest BCUT2D eigenvalue weighted by molar-refractivity contribution is 5.87. The molecule has 20 heavy (non-hydrogen) atoms. The molecule has 2 heterocycles. The number of ether oxygens (including phenoxy) is 1. The van der Waals surface area contributed by atoms with Gasteiger partial charge in [-0.15, -0.1) is 12.4 Å². The minimum Gasteiger partial charge on any atom is -0.410 e. The number of nitrogen functional groups attached to an aromatic ring is 1. The van der Waals surface area contributed by atoms with E-state index in [0.29, 0.717) is 17.1 Å². The van der Waals surface area contributed by atoms with Crippen molar-refractivity contribution in [2.24, 2.45) is 0 Å². The van der Waals surface area contributed by atoms with Crippen molar-refractivity contribution in [1.82, 2.24) is 14.5 Å². The SMILES string of the molecule is Cl.Nc1ccc(OC(=O)n2ccc3cncnc32)cc1. The maximum absolute atomic E-state index is 12.0. The van der Waals surface area contributed by atoms with E-state index in [1.165, 1.54) is 10.9 Å². The smallest absolute Gasteiger partial charge is 0.410 e. The van der Waals surface area contributed by atoms with Crippen molar-refractivity contribution < 1.29 is 9.53 Å². The fourth-order valence-electron chi connectivity index (χ4n) is 1.71. The van der Waals surface area contributed by atoms with Gasteiger partial charge in [-0.25, -0.2) is 19.3 Å². The van der Waals surface area contributed by atoms with Gasteiger partial charge in [0.05, 0.1) is 0 Å². The number of carbonyl (C=O) groups excluding carboxylic acids is 1. The molecule has 0 unspecified atom stereocenters. The molecule has 0 saturated carbocycles. The highest BCUT2D eigenvalue weighted by atomic mass is 35.5. The predicted octanol–water partition coefficient (Wildman–Crippen LogP) is 2.48. The van der Waals surface area contributed by atoms with Crippen LogP contribution in [-0.4, -0.2) is 20.6 Å². The molecule has 0 radical (unpaired) electrons. The van der Waals surface area contributed by atoms with E-state index in [-0.39, 0.29) is 12.4 Å². The fourth-order valence-corrected chi connectivity index (χ4v) is 1.71. The van der Waals surface area contributed by atoms with E-state index in [4.69, 9.17) is 10.5 Å². The van der Waals surface area contributed by atoms with Gasteiger partial charge in [-0.1, -0.05) is 0 Å². The lowest BCUT2D eigenvalue weighted by molar-refractivity contribution is 0.203. The molecule has 2 N–H and O–H groups in total. The summed E-state index contributed by atoms with van der Waals surface area (Å²) in [6.07, 6.45) is 4.09. The summed E-state index contributed by atoms with van der Waals surface area (Å²) >= 11 is 0. The van der Waals surface area contributed by atoms with Crippen molar-refractivity contribution in [3.63, 3.8) is 0 Å². The van der Waals surface area contributed by atoms with Gasteiger partial charge in [-0.05, 0) is 30.3 Å². The minimum absolute atomic E-state index is 0. The average molecular weight is 291 g/mol. The van der Waals surface area contributed by atoms with Gasteiger partial charge >= 0.3 is 6.09 Å². The van der Waals surface area contributed by atoms with Crippen LogP contribution in [0.4, 0.5) is 10.5 Å². The molecule has 0 aliphatic rings. The summed E-state index contributed by atoms with van der Waals surface area (Å²) in [6.45, 7) is 0. The van der Waals surface area contributed by atoms with Crippen LogP contribution >= 0.6 is 12.4 Å². The molecule has 6 nitrogen and oxygen atoms in total. The van der Waals surface area contributed by atoms with Crippen LogP contribution in [-0.2, 0) is 0 Å². The average Bonchev–Trinajstić information content (AvgIpc) is 2.85. The molecular formula is C13H11ClN4O2. The number of halogens is 1. The van der Waals surface area contributed by atoms with Crippen LogP contribution in [0.15, 0.2) is 49.1 Å². The molecule has 1 aromatic carbocycles. The van der Waals surface area contributed by atoms with Gasteiger partial charge in [0.2, 0.25) is 0 Å². The third-order valence-corrected chi connectivity index (χ3v) is 2.63. The number of carbonyl (C=O) groups is 1. The largest absolute Gasteiger partial charge is 0.425 e. The van der Waals surface area contributed by atoms with Gasteiger partial charge in [-0.3, -0.25) is 0 Å². The molecule has 0 amide bonds. The summed E-state index contributed by atoms with van der Waals surface area (Å²) in [4.78, 5) is 20.0. The summed E-state index contributed by atoms with van der Waals surface area (Å²) in [5.74, 6) is 0.426. The third-order valence-electron chi connectivity index (χ3n) is 2.63. The normalized spacial score (nSPS) is 10.0. The second-order valence-corrected chi connectivity index (χ2v) is 3.92. The molecule has 0 aliphatic carbocycles. The number of benzene rings is 1. The maximum atomic E-state index is 12.0. The second kappa shape index (κ2) is 5.58. The molecule has 0 atom stereocenters. The first-order valence-electron chi connectivity index (χ1n) is 5.59. The molecule has 7 heteroatoms. The van der Waals surface area contributed by atoms with Crippen LogP contribution in [0.5, 0.6) is 5.75 Å². The van der Waals surface area contributed by atoms with Crippen molar-refractivity contribution in [3.8, 4) is 5.75 Å². The number of nitrogens with two attached hydrogens (primary N) is 1. The van der Waals surface area contributed by atoms with Gasteiger partial charge in [0.25, 0.3) is 0 Å². The van der Waals surface area contributed by atoms with Crippen LogP contribution in [0.3, 0.4) is 0 Å². The van der Waals surface area contributed by atoms with Gasteiger partial charge in [0.15, 0.2) is 5.65 Å². The minimum atomic E-state index is -0.529. The first-order chi connectivity index (χ1) is 9.24. The molecule has 0 fully saturated rings.